The molecule has 0 saturated carbocycles. The second kappa shape index (κ2) is 4.54. The van der Waals surface area contributed by atoms with Gasteiger partial charge in [-0.3, -0.25) is 4.98 Å². The Labute approximate surface area is 75.6 Å². The predicted octanol–water partition coefficient (Wildman–Crippen LogP) is 1.73. The van der Waals surface area contributed by atoms with E-state index in [4.69, 9.17) is 4.74 Å². The molecule has 0 unspecified atom stereocenters. The van der Waals surface area contributed by atoms with E-state index >= 15 is 0 Å². The molecule has 0 N–H and O–H groups in total. The molecule has 0 saturated heterocycles. The van der Waals surface area contributed by atoms with Gasteiger partial charge in [0.25, 0.3) is 0 Å². The van der Waals surface area contributed by atoms with Crippen LogP contribution in [0.4, 0.5) is 4.39 Å². The van der Waals surface area contributed by atoms with E-state index in [1.807, 2.05) is 0 Å². The maximum atomic E-state index is 12.3. The highest BCUT2D eigenvalue weighted by molar-refractivity contribution is 5.90. The Hall–Kier alpha value is -1.45. The lowest BCUT2D eigenvalue weighted by molar-refractivity contribution is 0.0523. The van der Waals surface area contributed by atoms with E-state index in [1.165, 1.54) is 12.3 Å². The Balaban J connectivity index is 2.92. The van der Waals surface area contributed by atoms with Crippen LogP contribution in [0.1, 0.15) is 23.0 Å². The quantitative estimate of drug-likeness (QED) is 0.670. The fourth-order valence-electron chi connectivity index (χ4n) is 0.939. The zero-order valence-corrected chi connectivity index (χ0v) is 7.29. The molecule has 0 atom stereocenters. The van der Waals surface area contributed by atoms with Crippen molar-refractivity contribution in [2.24, 2.45) is 0 Å². The van der Waals surface area contributed by atoms with Gasteiger partial charge >= 0.3 is 5.97 Å². The van der Waals surface area contributed by atoms with Crippen molar-refractivity contribution in [2.75, 3.05) is 6.61 Å². The largest absolute Gasteiger partial charge is 0.462 e. The van der Waals surface area contributed by atoms with Gasteiger partial charge in [-0.15, -0.1) is 0 Å². The number of halogens is 1. The van der Waals surface area contributed by atoms with Crippen LogP contribution in [0.15, 0.2) is 18.3 Å². The lowest BCUT2D eigenvalue weighted by Gasteiger charge is -2.03. The first-order valence-corrected chi connectivity index (χ1v) is 3.96. The molecular formula is C9H10FNO2. The summed E-state index contributed by atoms with van der Waals surface area (Å²) in [5.74, 6) is -0.525. The number of carbonyl (C=O) groups is 1. The summed E-state index contributed by atoms with van der Waals surface area (Å²) in [7, 11) is 0. The Morgan fingerprint density at radius 2 is 2.46 bits per heavy atom. The first-order chi connectivity index (χ1) is 6.29. The number of alkyl halides is 1. The summed E-state index contributed by atoms with van der Waals surface area (Å²) in [5.41, 5.74) is 0.327. The topological polar surface area (TPSA) is 39.2 Å². The number of rotatable bonds is 3. The molecule has 0 fully saturated rings. The molecular weight excluding hydrogens is 173 g/mol. The van der Waals surface area contributed by atoms with E-state index < -0.39 is 12.6 Å². The van der Waals surface area contributed by atoms with Crippen molar-refractivity contribution in [2.45, 2.75) is 13.6 Å². The number of hydrogen-bond donors (Lipinski definition) is 0. The van der Waals surface area contributed by atoms with Gasteiger partial charge in [0.05, 0.1) is 17.9 Å². The van der Waals surface area contributed by atoms with E-state index in [-0.39, 0.29) is 17.9 Å². The van der Waals surface area contributed by atoms with Crippen molar-refractivity contribution in [3.05, 3.63) is 29.6 Å². The van der Waals surface area contributed by atoms with Gasteiger partial charge in [0.15, 0.2) is 0 Å². The normalized spacial score (nSPS) is 9.69. The average Bonchev–Trinajstić information content (AvgIpc) is 2.18. The molecule has 3 nitrogen and oxygen atoms in total. The lowest BCUT2D eigenvalue weighted by Crippen LogP contribution is -2.08. The highest BCUT2D eigenvalue weighted by atomic mass is 19.1. The molecule has 0 aliphatic carbocycles. The molecule has 70 valence electrons. The van der Waals surface area contributed by atoms with Crippen LogP contribution in [0.3, 0.4) is 0 Å². The molecule has 0 amide bonds. The highest BCUT2D eigenvalue weighted by Gasteiger charge is 2.11. The van der Waals surface area contributed by atoms with Crippen molar-refractivity contribution in [3.8, 4) is 0 Å². The third kappa shape index (κ3) is 2.24. The van der Waals surface area contributed by atoms with Crippen molar-refractivity contribution in [3.63, 3.8) is 0 Å². The van der Waals surface area contributed by atoms with Gasteiger partial charge in [-0.25, -0.2) is 9.18 Å². The van der Waals surface area contributed by atoms with E-state index in [2.05, 4.69) is 4.98 Å². The number of aromatic nitrogens is 1. The summed E-state index contributed by atoms with van der Waals surface area (Å²) >= 11 is 0. The lowest BCUT2D eigenvalue weighted by atomic mass is 10.2. The summed E-state index contributed by atoms with van der Waals surface area (Å²) in [6, 6.07) is 3.07. The third-order valence-corrected chi connectivity index (χ3v) is 1.51. The van der Waals surface area contributed by atoms with Crippen LogP contribution in [-0.4, -0.2) is 17.6 Å². The maximum Gasteiger partial charge on any atom is 0.340 e. The molecule has 1 aromatic rings. The Morgan fingerprint density at radius 3 is 3.08 bits per heavy atom. The second-order valence-electron chi connectivity index (χ2n) is 2.35. The number of nitrogens with zero attached hydrogens (tertiary/aromatic N) is 1. The average molecular weight is 183 g/mol. The zero-order valence-electron chi connectivity index (χ0n) is 7.29. The standard InChI is InChI=1S/C9H10FNO2/c1-2-13-9(12)7-4-3-5-11-8(7)6-10/h3-5H,2,6H2,1H3. The molecule has 1 heterocycles. The summed E-state index contributed by atoms with van der Waals surface area (Å²) in [4.78, 5) is 14.9. The van der Waals surface area contributed by atoms with Crippen molar-refractivity contribution >= 4 is 5.97 Å². The van der Waals surface area contributed by atoms with Gasteiger partial charge < -0.3 is 4.74 Å². The third-order valence-electron chi connectivity index (χ3n) is 1.51. The number of hydrogen-bond acceptors (Lipinski definition) is 3. The first-order valence-electron chi connectivity index (χ1n) is 3.96. The van der Waals surface area contributed by atoms with Crippen LogP contribution in [0.25, 0.3) is 0 Å². The van der Waals surface area contributed by atoms with Gasteiger partial charge in [-0.2, -0.15) is 0 Å². The van der Waals surface area contributed by atoms with Crippen LogP contribution >= 0.6 is 0 Å². The fourth-order valence-corrected chi connectivity index (χ4v) is 0.939. The summed E-state index contributed by atoms with van der Waals surface area (Å²) in [6.45, 7) is 1.22. The van der Waals surface area contributed by atoms with Gasteiger partial charge in [0.1, 0.15) is 6.67 Å². The summed E-state index contributed by atoms with van der Waals surface area (Å²) < 4.78 is 17.0. The van der Waals surface area contributed by atoms with Crippen LogP contribution < -0.4 is 0 Å². The number of carbonyl (C=O) groups excluding carboxylic acids is 1. The van der Waals surface area contributed by atoms with E-state index in [1.54, 1.807) is 13.0 Å². The zero-order chi connectivity index (χ0) is 9.68. The van der Waals surface area contributed by atoms with Crippen LogP contribution in [0, 0.1) is 0 Å². The van der Waals surface area contributed by atoms with E-state index in [9.17, 15) is 9.18 Å². The minimum atomic E-state index is -0.755. The summed E-state index contributed by atoms with van der Waals surface area (Å²) in [5, 5.41) is 0. The monoisotopic (exact) mass is 183 g/mol. The van der Waals surface area contributed by atoms with Gasteiger partial charge in [0, 0.05) is 6.20 Å². The van der Waals surface area contributed by atoms with Gasteiger partial charge in [0.2, 0.25) is 0 Å². The number of esters is 1. The molecule has 0 aliphatic heterocycles. The Morgan fingerprint density at radius 1 is 1.69 bits per heavy atom. The van der Waals surface area contributed by atoms with Crippen LogP contribution in [0.2, 0.25) is 0 Å². The second-order valence-corrected chi connectivity index (χ2v) is 2.35. The summed E-state index contributed by atoms with van der Waals surface area (Å²) in [6.07, 6.45) is 1.44. The molecule has 13 heavy (non-hydrogen) atoms. The van der Waals surface area contributed by atoms with Crippen LogP contribution in [-0.2, 0) is 11.4 Å². The van der Waals surface area contributed by atoms with Crippen molar-refractivity contribution in [1.82, 2.24) is 4.98 Å². The molecule has 0 spiro atoms. The Kier molecular flexibility index (Phi) is 3.37. The van der Waals surface area contributed by atoms with Crippen LogP contribution in [0.5, 0.6) is 0 Å². The maximum absolute atomic E-state index is 12.3. The Bertz CT molecular complexity index is 301. The van der Waals surface area contributed by atoms with Crippen molar-refractivity contribution < 1.29 is 13.9 Å². The van der Waals surface area contributed by atoms with Gasteiger partial charge in [-0.1, -0.05) is 0 Å². The predicted molar refractivity (Wildman–Crippen MR) is 45.0 cm³/mol. The smallest absolute Gasteiger partial charge is 0.340 e. The minimum Gasteiger partial charge on any atom is -0.462 e. The van der Waals surface area contributed by atoms with E-state index in [0.717, 1.165) is 0 Å². The van der Waals surface area contributed by atoms with E-state index in [0.29, 0.717) is 0 Å². The van der Waals surface area contributed by atoms with Gasteiger partial charge in [-0.05, 0) is 19.1 Å². The van der Waals surface area contributed by atoms with Crippen molar-refractivity contribution in [1.29, 1.82) is 0 Å². The molecule has 4 heteroatoms. The first kappa shape index (κ1) is 9.64. The molecule has 1 rings (SSSR count). The molecule has 0 radical (unpaired) electrons. The molecule has 0 aromatic carbocycles. The number of ether oxygens (including phenoxy) is 1. The molecule has 0 aliphatic rings. The SMILES string of the molecule is CCOC(=O)c1cccnc1CF. The molecule has 1 aromatic heterocycles. The fraction of sp³-hybridized carbons (Fsp3) is 0.333. The highest BCUT2D eigenvalue weighted by Crippen LogP contribution is 2.08. The minimum absolute atomic E-state index is 0.126. The number of pyridine rings is 1. The molecule has 0 bridgehead atoms.